The lowest BCUT2D eigenvalue weighted by molar-refractivity contribution is -0.113. The molecule has 2 aromatic carbocycles. The van der Waals surface area contributed by atoms with E-state index in [2.05, 4.69) is 31.2 Å². The Labute approximate surface area is 195 Å². The van der Waals surface area contributed by atoms with Crippen molar-refractivity contribution in [3.63, 3.8) is 0 Å². The van der Waals surface area contributed by atoms with Crippen molar-refractivity contribution in [1.29, 1.82) is 0 Å². The van der Waals surface area contributed by atoms with E-state index in [1.54, 1.807) is 19.2 Å². The number of halogens is 1. The van der Waals surface area contributed by atoms with E-state index in [0.29, 0.717) is 16.5 Å². The molecule has 0 spiro atoms. The maximum atomic E-state index is 12.9. The van der Waals surface area contributed by atoms with E-state index in [9.17, 15) is 14.4 Å². The molecule has 10 heteroatoms. The normalized spacial score (nSPS) is 11.0. The maximum Gasteiger partial charge on any atom is 0.332 e. The van der Waals surface area contributed by atoms with Crippen LogP contribution in [0.3, 0.4) is 0 Å². The topological polar surface area (TPSA) is 98.9 Å². The second-order valence-corrected chi connectivity index (χ2v) is 8.85. The van der Waals surface area contributed by atoms with Gasteiger partial charge in [-0.1, -0.05) is 58.0 Å². The number of fused-ring (bicyclic) bond motifs is 1. The van der Waals surface area contributed by atoms with Crippen molar-refractivity contribution in [3.05, 3.63) is 79.9 Å². The fourth-order valence-corrected chi connectivity index (χ4v) is 4.19. The van der Waals surface area contributed by atoms with Gasteiger partial charge in [0.2, 0.25) is 5.91 Å². The Hall–Kier alpha value is -3.24. The minimum Gasteiger partial charge on any atom is -0.325 e. The predicted molar refractivity (Wildman–Crippen MR) is 129 cm³/mol. The van der Waals surface area contributed by atoms with Crippen LogP contribution in [0.25, 0.3) is 22.4 Å². The van der Waals surface area contributed by atoms with E-state index in [-0.39, 0.29) is 22.7 Å². The van der Waals surface area contributed by atoms with Gasteiger partial charge in [-0.25, -0.2) is 14.8 Å². The van der Waals surface area contributed by atoms with Crippen molar-refractivity contribution in [3.8, 4) is 11.4 Å². The highest BCUT2D eigenvalue weighted by molar-refractivity contribution is 9.10. The third-order valence-corrected chi connectivity index (χ3v) is 6.27. The molecule has 4 rings (SSSR count). The molecule has 0 saturated heterocycles. The monoisotopic (exact) mass is 511 g/mol. The molecule has 0 atom stereocenters. The van der Waals surface area contributed by atoms with Crippen molar-refractivity contribution in [2.75, 3.05) is 11.1 Å². The van der Waals surface area contributed by atoms with Gasteiger partial charge in [-0.2, -0.15) is 0 Å². The predicted octanol–water partition coefficient (Wildman–Crippen LogP) is 3.19. The zero-order valence-corrected chi connectivity index (χ0v) is 19.6. The van der Waals surface area contributed by atoms with E-state index in [0.717, 1.165) is 26.4 Å². The van der Waals surface area contributed by atoms with E-state index >= 15 is 0 Å². The van der Waals surface area contributed by atoms with Gasteiger partial charge in [0, 0.05) is 29.8 Å². The number of thioether (sulfide) groups is 1. The highest BCUT2D eigenvalue weighted by Crippen LogP contribution is 2.26. The standard InChI is InChI=1S/C22H18BrN5O3S/c1-27-19-17(21(30)28(2)22(27)31)20(26-18(25-19)13-6-4-3-5-7-13)32-12-16(29)24-15-10-8-14(23)9-11-15/h3-11H,12H2,1-2H3,(H,24,29). The second kappa shape index (κ2) is 9.09. The number of anilines is 1. The van der Waals surface area contributed by atoms with Crippen molar-refractivity contribution < 1.29 is 4.79 Å². The Morgan fingerprint density at radius 3 is 2.38 bits per heavy atom. The number of benzene rings is 2. The minimum atomic E-state index is -0.501. The third kappa shape index (κ3) is 4.37. The number of carbonyl (C=O) groups excluding carboxylic acids is 1. The van der Waals surface area contributed by atoms with Gasteiger partial charge >= 0.3 is 5.69 Å². The Morgan fingerprint density at radius 1 is 1.00 bits per heavy atom. The van der Waals surface area contributed by atoms with Crippen LogP contribution in [0.1, 0.15) is 0 Å². The quantitative estimate of drug-likeness (QED) is 0.326. The van der Waals surface area contributed by atoms with Crippen LogP contribution in [0.5, 0.6) is 0 Å². The molecule has 8 nitrogen and oxygen atoms in total. The van der Waals surface area contributed by atoms with Gasteiger partial charge in [-0.05, 0) is 24.3 Å². The molecule has 32 heavy (non-hydrogen) atoms. The van der Waals surface area contributed by atoms with Crippen molar-refractivity contribution in [2.24, 2.45) is 14.1 Å². The van der Waals surface area contributed by atoms with E-state index in [1.807, 2.05) is 42.5 Å². The van der Waals surface area contributed by atoms with Crippen LogP contribution >= 0.6 is 27.7 Å². The molecule has 0 aliphatic rings. The molecule has 0 bridgehead atoms. The molecule has 1 amide bonds. The number of amides is 1. The van der Waals surface area contributed by atoms with Crippen LogP contribution in [0.2, 0.25) is 0 Å². The molecule has 0 aliphatic heterocycles. The zero-order chi connectivity index (χ0) is 22.8. The number of nitrogens with one attached hydrogen (secondary N) is 1. The number of aromatic nitrogens is 4. The van der Waals surface area contributed by atoms with Gasteiger partial charge < -0.3 is 5.32 Å². The van der Waals surface area contributed by atoms with Crippen molar-refractivity contribution in [2.45, 2.75) is 5.03 Å². The molecule has 2 aromatic heterocycles. The summed E-state index contributed by atoms with van der Waals surface area (Å²) in [4.78, 5) is 46.9. The highest BCUT2D eigenvalue weighted by atomic mass is 79.9. The first-order valence-electron chi connectivity index (χ1n) is 9.56. The van der Waals surface area contributed by atoms with Gasteiger partial charge in [-0.3, -0.25) is 18.7 Å². The lowest BCUT2D eigenvalue weighted by Gasteiger charge is -2.12. The lowest BCUT2D eigenvalue weighted by Crippen LogP contribution is -2.37. The Kier molecular flexibility index (Phi) is 6.24. The number of aryl methyl sites for hydroxylation is 1. The number of hydrogen-bond donors (Lipinski definition) is 1. The molecule has 0 radical (unpaired) electrons. The Bertz CT molecular complexity index is 1430. The summed E-state index contributed by atoms with van der Waals surface area (Å²) in [5, 5.41) is 3.37. The summed E-state index contributed by atoms with van der Waals surface area (Å²) in [6, 6.07) is 16.5. The van der Waals surface area contributed by atoms with Gasteiger partial charge in [0.1, 0.15) is 10.4 Å². The van der Waals surface area contributed by atoms with Crippen molar-refractivity contribution >= 4 is 50.3 Å². The van der Waals surface area contributed by atoms with Crippen LogP contribution in [-0.4, -0.2) is 30.8 Å². The summed E-state index contributed by atoms with van der Waals surface area (Å²) in [7, 11) is 2.96. The summed E-state index contributed by atoms with van der Waals surface area (Å²) in [6.07, 6.45) is 0. The fourth-order valence-electron chi connectivity index (χ4n) is 3.11. The molecule has 162 valence electrons. The highest BCUT2D eigenvalue weighted by Gasteiger charge is 2.19. The van der Waals surface area contributed by atoms with Crippen LogP contribution in [0.4, 0.5) is 5.69 Å². The first kappa shape index (κ1) is 22.0. The molecular formula is C22H18BrN5O3S. The number of hydrogen-bond acceptors (Lipinski definition) is 6. The molecular weight excluding hydrogens is 494 g/mol. The van der Waals surface area contributed by atoms with Crippen molar-refractivity contribution in [1.82, 2.24) is 19.1 Å². The molecule has 2 heterocycles. The van der Waals surface area contributed by atoms with Gasteiger partial charge in [0.25, 0.3) is 5.56 Å². The Balaban J connectivity index is 1.75. The molecule has 0 saturated carbocycles. The molecule has 4 aromatic rings. The van der Waals surface area contributed by atoms with Crippen LogP contribution in [0.15, 0.2) is 73.7 Å². The average Bonchev–Trinajstić information content (AvgIpc) is 2.81. The molecule has 0 unspecified atom stereocenters. The second-order valence-electron chi connectivity index (χ2n) is 6.97. The van der Waals surface area contributed by atoms with E-state index < -0.39 is 11.2 Å². The average molecular weight is 512 g/mol. The summed E-state index contributed by atoms with van der Waals surface area (Å²) < 4.78 is 3.24. The SMILES string of the molecule is Cn1c(=O)c2c(SCC(=O)Nc3ccc(Br)cc3)nc(-c3ccccc3)nc2n(C)c1=O. The number of nitrogens with zero attached hydrogens (tertiary/aromatic N) is 4. The van der Waals surface area contributed by atoms with Crippen LogP contribution in [-0.2, 0) is 18.9 Å². The molecule has 0 fully saturated rings. The fraction of sp³-hybridized carbons (Fsp3) is 0.136. The number of carbonyl (C=O) groups is 1. The summed E-state index contributed by atoms with van der Waals surface area (Å²) >= 11 is 4.48. The molecule has 0 aliphatic carbocycles. The number of rotatable bonds is 5. The van der Waals surface area contributed by atoms with Gasteiger partial charge in [0.15, 0.2) is 11.5 Å². The lowest BCUT2D eigenvalue weighted by atomic mass is 10.2. The smallest absolute Gasteiger partial charge is 0.325 e. The third-order valence-electron chi connectivity index (χ3n) is 4.77. The first-order valence-corrected chi connectivity index (χ1v) is 11.3. The van der Waals surface area contributed by atoms with E-state index in [4.69, 9.17) is 0 Å². The van der Waals surface area contributed by atoms with Crippen LogP contribution in [0, 0.1) is 0 Å². The summed E-state index contributed by atoms with van der Waals surface area (Å²) in [5.74, 6) is 0.159. The van der Waals surface area contributed by atoms with Crippen LogP contribution < -0.4 is 16.6 Å². The van der Waals surface area contributed by atoms with Gasteiger partial charge in [0.05, 0.1) is 5.75 Å². The summed E-state index contributed by atoms with van der Waals surface area (Å²) in [6.45, 7) is 0. The minimum absolute atomic E-state index is 0.0302. The van der Waals surface area contributed by atoms with Gasteiger partial charge in [-0.15, -0.1) is 0 Å². The largest absolute Gasteiger partial charge is 0.332 e. The Morgan fingerprint density at radius 2 is 1.69 bits per heavy atom. The summed E-state index contributed by atoms with van der Waals surface area (Å²) in [5.41, 5.74) is 0.642. The molecule has 1 N–H and O–H groups in total. The van der Waals surface area contributed by atoms with E-state index in [1.165, 1.54) is 11.6 Å². The zero-order valence-electron chi connectivity index (χ0n) is 17.2. The maximum absolute atomic E-state index is 12.9. The first-order chi connectivity index (χ1) is 15.3.